The van der Waals surface area contributed by atoms with Gasteiger partial charge in [0, 0.05) is 15.3 Å². The first-order valence-corrected chi connectivity index (χ1v) is 9.22. The van der Waals surface area contributed by atoms with Crippen LogP contribution in [0.1, 0.15) is 10.4 Å². The van der Waals surface area contributed by atoms with Gasteiger partial charge in [0.2, 0.25) is 5.91 Å². The van der Waals surface area contributed by atoms with Crippen LogP contribution in [-0.4, -0.2) is 21.6 Å². The van der Waals surface area contributed by atoms with Crippen molar-refractivity contribution < 1.29 is 9.18 Å². The van der Waals surface area contributed by atoms with Crippen molar-refractivity contribution in [1.29, 1.82) is 0 Å². The molecule has 0 saturated carbocycles. The Hall–Kier alpha value is -1.70. The number of thiophene rings is 1. The fourth-order valence-corrected chi connectivity index (χ4v) is 4.25. The predicted molar refractivity (Wildman–Crippen MR) is 97.7 cm³/mol. The largest absolute Gasteiger partial charge is 0.323 e. The number of halogens is 2. The van der Waals surface area contributed by atoms with Gasteiger partial charge < -0.3 is 5.32 Å². The quantitative estimate of drug-likeness (QED) is 0.519. The van der Waals surface area contributed by atoms with Crippen molar-refractivity contribution >= 4 is 56.5 Å². The Kier molecular flexibility index (Phi) is 5.03. The number of benzene rings is 1. The summed E-state index contributed by atoms with van der Waals surface area (Å²) in [5, 5.41) is 4.57. The van der Waals surface area contributed by atoms with Crippen LogP contribution in [0.15, 0.2) is 29.6 Å². The molecule has 1 amide bonds. The van der Waals surface area contributed by atoms with E-state index in [0.29, 0.717) is 0 Å². The highest BCUT2D eigenvalue weighted by molar-refractivity contribution is 8.00. The number of aryl methyl sites for hydroxylation is 2. The van der Waals surface area contributed by atoms with Crippen molar-refractivity contribution in [2.75, 3.05) is 11.1 Å². The maximum atomic E-state index is 13.7. The van der Waals surface area contributed by atoms with Gasteiger partial charge in [0.25, 0.3) is 0 Å². The molecule has 124 valence electrons. The molecule has 3 rings (SSSR count). The standard InChI is InChI=1S/C16H13ClFN3OS2/c1-8-9(2)24-16-14(8)15(19-7-20-16)23-6-13(22)21-12-4-3-10(17)5-11(12)18/h3-5,7H,6H2,1-2H3,(H,21,22). The Bertz CT molecular complexity index is 929. The lowest BCUT2D eigenvalue weighted by atomic mass is 10.2. The second-order valence-electron chi connectivity index (χ2n) is 5.10. The molecule has 2 heterocycles. The van der Waals surface area contributed by atoms with Gasteiger partial charge in [0.15, 0.2) is 0 Å². The van der Waals surface area contributed by atoms with Gasteiger partial charge in [-0.1, -0.05) is 23.4 Å². The summed E-state index contributed by atoms with van der Waals surface area (Å²) < 4.78 is 13.7. The molecule has 0 aliphatic rings. The maximum Gasteiger partial charge on any atom is 0.234 e. The number of nitrogens with one attached hydrogen (secondary N) is 1. The van der Waals surface area contributed by atoms with E-state index >= 15 is 0 Å². The normalized spacial score (nSPS) is 11.0. The lowest BCUT2D eigenvalue weighted by Gasteiger charge is -2.07. The monoisotopic (exact) mass is 381 g/mol. The van der Waals surface area contributed by atoms with Gasteiger partial charge in [-0.2, -0.15) is 0 Å². The molecule has 0 fully saturated rings. The van der Waals surface area contributed by atoms with Crippen LogP contribution in [0, 0.1) is 19.7 Å². The summed E-state index contributed by atoms with van der Waals surface area (Å²) in [7, 11) is 0. The van der Waals surface area contributed by atoms with Gasteiger partial charge in [0.1, 0.15) is 22.0 Å². The molecule has 4 nitrogen and oxygen atoms in total. The fraction of sp³-hybridized carbons (Fsp3) is 0.188. The molecule has 1 aromatic carbocycles. The number of nitrogens with zero attached hydrogens (tertiary/aromatic N) is 2. The highest BCUT2D eigenvalue weighted by atomic mass is 35.5. The van der Waals surface area contributed by atoms with E-state index in [1.807, 2.05) is 13.8 Å². The molecule has 0 aliphatic heterocycles. The van der Waals surface area contributed by atoms with Gasteiger partial charge in [-0.15, -0.1) is 11.3 Å². The van der Waals surface area contributed by atoms with Crippen molar-refractivity contribution in [1.82, 2.24) is 9.97 Å². The van der Waals surface area contributed by atoms with Crippen LogP contribution in [0.5, 0.6) is 0 Å². The van der Waals surface area contributed by atoms with Crippen molar-refractivity contribution in [3.8, 4) is 0 Å². The SMILES string of the molecule is Cc1sc2ncnc(SCC(=O)Nc3ccc(Cl)cc3F)c2c1C. The molecule has 0 aliphatic carbocycles. The van der Waals surface area contributed by atoms with Crippen LogP contribution < -0.4 is 5.32 Å². The number of carbonyl (C=O) groups excluding carboxylic acids is 1. The van der Waals surface area contributed by atoms with Crippen LogP contribution >= 0.6 is 34.7 Å². The Morgan fingerprint density at radius 2 is 2.17 bits per heavy atom. The summed E-state index contributed by atoms with van der Waals surface area (Å²) in [4.78, 5) is 22.7. The number of aromatic nitrogens is 2. The lowest BCUT2D eigenvalue weighted by molar-refractivity contribution is -0.113. The van der Waals surface area contributed by atoms with Crippen molar-refractivity contribution in [2.24, 2.45) is 0 Å². The summed E-state index contributed by atoms with van der Waals surface area (Å²) >= 11 is 8.61. The Labute approximate surface area is 151 Å². The van der Waals surface area contributed by atoms with Gasteiger partial charge in [-0.3, -0.25) is 4.79 Å². The van der Waals surface area contributed by atoms with Crippen LogP contribution in [0.2, 0.25) is 5.02 Å². The molecule has 0 saturated heterocycles. The van der Waals surface area contributed by atoms with Gasteiger partial charge in [-0.05, 0) is 37.6 Å². The third-order valence-corrected chi connectivity index (χ3v) is 5.82. The molecule has 1 N–H and O–H groups in total. The zero-order chi connectivity index (χ0) is 17.3. The number of hydrogen-bond acceptors (Lipinski definition) is 5. The van der Waals surface area contributed by atoms with E-state index in [2.05, 4.69) is 15.3 Å². The molecular formula is C16H13ClFN3OS2. The minimum Gasteiger partial charge on any atom is -0.323 e. The Balaban J connectivity index is 1.73. The number of fused-ring (bicyclic) bond motifs is 1. The number of anilines is 1. The zero-order valence-corrected chi connectivity index (χ0v) is 15.3. The van der Waals surface area contributed by atoms with Crippen LogP contribution in [0.25, 0.3) is 10.2 Å². The Morgan fingerprint density at radius 1 is 1.38 bits per heavy atom. The number of amides is 1. The predicted octanol–water partition coefficient (Wildman–Crippen LogP) is 4.83. The smallest absolute Gasteiger partial charge is 0.234 e. The van der Waals surface area contributed by atoms with E-state index in [9.17, 15) is 9.18 Å². The minimum absolute atomic E-state index is 0.111. The molecule has 8 heteroatoms. The molecule has 0 unspecified atom stereocenters. The molecule has 0 spiro atoms. The molecular weight excluding hydrogens is 369 g/mol. The Morgan fingerprint density at radius 3 is 2.92 bits per heavy atom. The lowest BCUT2D eigenvalue weighted by Crippen LogP contribution is -2.15. The second kappa shape index (κ2) is 7.04. The van der Waals surface area contributed by atoms with Gasteiger partial charge in [0.05, 0.1) is 11.4 Å². The molecule has 0 atom stereocenters. The average molecular weight is 382 g/mol. The first-order chi connectivity index (χ1) is 11.5. The van der Waals surface area contributed by atoms with E-state index < -0.39 is 5.82 Å². The second-order valence-corrected chi connectivity index (χ2v) is 7.71. The van der Waals surface area contributed by atoms with E-state index in [-0.39, 0.29) is 22.4 Å². The van der Waals surface area contributed by atoms with Gasteiger partial charge >= 0.3 is 0 Å². The van der Waals surface area contributed by atoms with Crippen LogP contribution in [-0.2, 0) is 4.79 Å². The number of hydrogen-bond donors (Lipinski definition) is 1. The fourth-order valence-electron chi connectivity index (χ4n) is 2.17. The topological polar surface area (TPSA) is 54.9 Å². The van der Waals surface area contributed by atoms with Crippen LogP contribution in [0.3, 0.4) is 0 Å². The number of rotatable bonds is 4. The summed E-state index contributed by atoms with van der Waals surface area (Å²) in [6, 6.07) is 4.13. The first kappa shape index (κ1) is 17.1. The van der Waals surface area contributed by atoms with E-state index in [4.69, 9.17) is 11.6 Å². The van der Waals surface area contributed by atoms with Crippen molar-refractivity contribution in [3.05, 3.63) is 45.8 Å². The highest BCUT2D eigenvalue weighted by Gasteiger charge is 2.14. The molecule has 24 heavy (non-hydrogen) atoms. The maximum absolute atomic E-state index is 13.7. The third-order valence-electron chi connectivity index (χ3n) is 3.48. The summed E-state index contributed by atoms with van der Waals surface area (Å²) in [5.41, 5.74) is 1.24. The highest BCUT2D eigenvalue weighted by Crippen LogP contribution is 2.34. The van der Waals surface area contributed by atoms with Crippen molar-refractivity contribution in [2.45, 2.75) is 18.9 Å². The summed E-state index contributed by atoms with van der Waals surface area (Å²) in [5.74, 6) is -0.741. The minimum atomic E-state index is -0.561. The number of carbonyl (C=O) groups is 1. The summed E-state index contributed by atoms with van der Waals surface area (Å²) in [6.45, 7) is 4.05. The number of thioether (sulfide) groups is 1. The van der Waals surface area contributed by atoms with Crippen molar-refractivity contribution in [3.63, 3.8) is 0 Å². The molecule has 0 bridgehead atoms. The van der Waals surface area contributed by atoms with E-state index in [1.165, 1.54) is 35.1 Å². The molecule has 2 aromatic heterocycles. The van der Waals surface area contributed by atoms with E-state index in [1.54, 1.807) is 11.3 Å². The molecule has 3 aromatic rings. The zero-order valence-electron chi connectivity index (χ0n) is 12.9. The first-order valence-electron chi connectivity index (χ1n) is 7.04. The molecule has 0 radical (unpaired) electrons. The van der Waals surface area contributed by atoms with E-state index in [0.717, 1.165) is 26.9 Å². The average Bonchev–Trinajstić information content (AvgIpc) is 2.83. The third kappa shape index (κ3) is 3.53. The summed E-state index contributed by atoms with van der Waals surface area (Å²) in [6.07, 6.45) is 1.50. The van der Waals surface area contributed by atoms with Gasteiger partial charge in [-0.25, -0.2) is 14.4 Å². The van der Waals surface area contributed by atoms with Crippen LogP contribution in [0.4, 0.5) is 10.1 Å².